The molecule has 0 saturated heterocycles. The number of sulfonamides is 1. The van der Waals surface area contributed by atoms with Crippen LogP contribution in [0.3, 0.4) is 0 Å². The molecule has 3 N–H and O–H groups in total. The highest BCUT2D eigenvalue weighted by molar-refractivity contribution is 7.90. The molecule has 0 bridgehead atoms. The maximum Gasteiger partial charge on any atom is 0.319 e. The summed E-state index contributed by atoms with van der Waals surface area (Å²) < 4.78 is 112. The quantitative estimate of drug-likeness (QED) is 0.186. The van der Waals surface area contributed by atoms with Crippen molar-refractivity contribution in [2.24, 2.45) is 5.14 Å². The summed E-state index contributed by atoms with van der Waals surface area (Å²) in [6, 6.07) is 8.54. The van der Waals surface area contributed by atoms with E-state index >= 15 is 4.39 Å². The summed E-state index contributed by atoms with van der Waals surface area (Å²) in [7, 11) is -5.76. The lowest BCUT2D eigenvalue weighted by Crippen LogP contribution is -2.18. The fourth-order valence-corrected chi connectivity index (χ4v) is 6.75. The Balaban J connectivity index is 1.58. The molecule has 0 spiro atoms. The van der Waals surface area contributed by atoms with Crippen LogP contribution in [-0.4, -0.2) is 52.3 Å². The Hall–Kier alpha value is -5.00. The standard InChI is InChI=1S/C31H26F3N5O7S2/c1-44-30-23(14-36-31(39-30)45-2)16-6-24(34)26-25(7-16)38-27(15-4-5-15)29(48(35,42)43)28(26)37-19-11-21(13-22(12-19)47(3,40)41)46-20-9-17(32)8-18(33)10-20/h6-15H,4-5H2,1-3H3,(H,37,38)(H2,35,42,43). The highest BCUT2D eigenvalue weighted by Crippen LogP contribution is 2.47. The minimum atomic E-state index is -4.56. The molecule has 0 unspecified atom stereocenters. The Morgan fingerprint density at radius 2 is 1.56 bits per heavy atom. The van der Waals surface area contributed by atoms with E-state index in [0.29, 0.717) is 18.9 Å². The number of halogens is 3. The van der Waals surface area contributed by atoms with Crippen LogP contribution < -0.4 is 24.7 Å². The first-order chi connectivity index (χ1) is 22.6. The molecule has 0 aliphatic heterocycles. The molecular weight excluding hydrogens is 675 g/mol. The normalized spacial score (nSPS) is 13.4. The van der Waals surface area contributed by atoms with E-state index in [-0.39, 0.29) is 73.3 Å². The number of anilines is 2. The zero-order valence-corrected chi connectivity index (χ0v) is 27.0. The van der Waals surface area contributed by atoms with Gasteiger partial charge in [-0.2, -0.15) is 4.98 Å². The first kappa shape index (κ1) is 32.9. The van der Waals surface area contributed by atoms with E-state index in [1.54, 1.807) is 0 Å². The molecular formula is C31H26F3N5O7S2. The number of pyridine rings is 1. The number of methoxy groups -OCH3 is 2. The fourth-order valence-electron chi connectivity index (χ4n) is 5.13. The molecule has 17 heteroatoms. The largest absolute Gasteiger partial charge is 0.480 e. The lowest BCUT2D eigenvalue weighted by molar-refractivity contribution is 0.353. The molecule has 250 valence electrons. The second-order valence-corrected chi connectivity index (χ2v) is 14.5. The maximum absolute atomic E-state index is 16.3. The van der Waals surface area contributed by atoms with Gasteiger partial charge in [-0.1, -0.05) is 0 Å². The van der Waals surface area contributed by atoms with Crippen LogP contribution in [0.2, 0.25) is 0 Å². The average molecular weight is 702 g/mol. The highest BCUT2D eigenvalue weighted by Gasteiger charge is 2.35. The van der Waals surface area contributed by atoms with Crippen LogP contribution >= 0.6 is 0 Å². The summed E-state index contributed by atoms with van der Waals surface area (Å²) in [6.07, 6.45) is 3.47. The SMILES string of the molecule is COc1ncc(-c2cc(F)c3c(Nc4cc(Oc5cc(F)cc(F)c5)cc(S(C)(=O)=O)c4)c(S(N)(=O)=O)c(C4CC4)nc3c2)c(OC)n1. The number of nitrogens with zero attached hydrogens (tertiary/aromatic N) is 3. The van der Waals surface area contributed by atoms with Crippen LogP contribution in [0.5, 0.6) is 23.4 Å². The van der Waals surface area contributed by atoms with Gasteiger partial charge in [-0.3, -0.25) is 4.98 Å². The first-order valence-corrected chi connectivity index (χ1v) is 17.5. The van der Waals surface area contributed by atoms with Crippen molar-refractivity contribution in [3.05, 3.63) is 77.9 Å². The second-order valence-electron chi connectivity index (χ2n) is 10.9. The number of nitrogens with two attached hydrogens (primary N) is 1. The number of ether oxygens (including phenoxy) is 3. The smallest absolute Gasteiger partial charge is 0.319 e. The molecule has 1 aliphatic carbocycles. The minimum absolute atomic E-state index is 0.0116. The monoisotopic (exact) mass is 701 g/mol. The molecule has 3 aromatic carbocycles. The highest BCUT2D eigenvalue weighted by atomic mass is 32.2. The molecule has 2 aromatic heterocycles. The summed E-state index contributed by atoms with van der Waals surface area (Å²) in [4.78, 5) is 12.0. The molecule has 6 rings (SSSR count). The number of fused-ring (bicyclic) bond motifs is 1. The van der Waals surface area contributed by atoms with Crippen molar-refractivity contribution in [1.29, 1.82) is 0 Å². The summed E-state index contributed by atoms with van der Waals surface area (Å²) >= 11 is 0. The van der Waals surface area contributed by atoms with E-state index in [1.807, 2.05) is 0 Å². The van der Waals surface area contributed by atoms with Crippen LogP contribution in [0.15, 0.2) is 64.5 Å². The predicted octanol–water partition coefficient (Wildman–Crippen LogP) is 5.59. The Bertz CT molecular complexity index is 2320. The Kier molecular flexibility index (Phi) is 8.38. The van der Waals surface area contributed by atoms with Crippen LogP contribution in [0, 0.1) is 17.5 Å². The summed E-state index contributed by atoms with van der Waals surface area (Å²) in [5.41, 5.74) is 0.284. The van der Waals surface area contributed by atoms with Gasteiger partial charge in [0.25, 0.3) is 0 Å². The number of primary sulfonamides is 1. The topological polar surface area (TPSA) is 173 Å². The van der Waals surface area contributed by atoms with Gasteiger partial charge in [-0.25, -0.2) is 40.1 Å². The van der Waals surface area contributed by atoms with Crippen molar-refractivity contribution < 1.29 is 44.2 Å². The van der Waals surface area contributed by atoms with Gasteiger partial charge < -0.3 is 19.5 Å². The zero-order chi connectivity index (χ0) is 34.5. The van der Waals surface area contributed by atoms with Crippen LogP contribution in [0.25, 0.3) is 22.0 Å². The van der Waals surface area contributed by atoms with Crippen molar-refractivity contribution >= 4 is 42.1 Å². The van der Waals surface area contributed by atoms with Crippen molar-refractivity contribution in [3.63, 3.8) is 0 Å². The van der Waals surface area contributed by atoms with Crippen LogP contribution in [0.4, 0.5) is 24.5 Å². The molecule has 0 radical (unpaired) electrons. The Morgan fingerprint density at radius 3 is 2.17 bits per heavy atom. The van der Waals surface area contributed by atoms with Crippen molar-refractivity contribution in [2.75, 3.05) is 25.8 Å². The molecule has 1 fully saturated rings. The third-order valence-corrected chi connectivity index (χ3v) is 9.41. The molecule has 5 aromatic rings. The average Bonchev–Trinajstić information content (AvgIpc) is 3.84. The molecule has 0 atom stereocenters. The van der Waals surface area contributed by atoms with E-state index < -0.39 is 42.2 Å². The Labute approximate surface area is 272 Å². The van der Waals surface area contributed by atoms with Crippen LogP contribution in [0.1, 0.15) is 24.5 Å². The number of nitrogens with one attached hydrogen (secondary N) is 1. The van der Waals surface area contributed by atoms with E-state index in [9.17, 15) is 25.6 Å². The number of hydrogen-bond acceptors (Lipinski definition) is 11. The van der Waals surface area contributed by atoms with Crippen molar-refractivity contribution in [1.82, 2.24) is 15.0 Å². The molecule has 1 aliphatic rings. The van der Waals surface area contributed by atoms with Gasteiger partial charge in [0, 0.05) is 48.3 Å². The van der Waals surface area contributed by atoms with Gasteiger partial charge in [0.15, 0.2) is 9.84 Å². The third-order valence-electron chi connectivity index (χ3n) is 7.34. The number of benzene rings is 3. The molecule has 2 heterocycles. The lowest BCUT2D eigenvalue weighted by atomic mass is 10.0. The van der Waals surface area contributed by atoms with E-state index in [2.05, 4.69) is 20.3 Å². The van der Waals surface area contributed by atoms with Crippen LogP contribution in [-0.2, 0) is 19.9 Å². The molecule has 0 amide bonds. The number of rotatable bonds is 10. The van der Waals surface area contributed by atoms with Gasteiger partial charge in [-0.15, -0.1) is 0 Å². The molecule has 48 heavy (non-hydrogen) atoms. The summed E-state index contributed by atoms with van der Waals surface area (Å²) in [6.45, 7) is 0. The van der Waals surface area contributed by atoms with E-state index in [1.165, 1.54) is 32.5 Å². The Morgan fingerprint density at radius 1 is 0.875 bits per heavy atom. The number of sulfone groups is 1. The minimum Gasteiger partial charge on any atom is -0.480 e. The van der Waals surface area contributed by atoms with Gasteiger partial charge in [-0.05, 0) is 42.7 Å². The summed E-state index contributed by atoms with van der Waals surface area (Å²) in [5, 5.41) is 8.27. The molecule has 12 nitrogen and oxygen atoms in total. The fraction of sp³-hybridized carbons (Fsp3) is 0.194. The summed E-state index contributed by atoms with van der Waals surface area (Å²) in [5.74, 6) is -3.50. The third kappa shape index (κ3) is 6.69. The first-order valence-electron chi connectivity index (χ1n) is 14.1. The molecule has 1 saturated carbocycles. The lowest BCUT2D eigenvalue weighted by Gasteiger charge is -2.19. The number of hydrogen-bond donors (Lipinski definition) is 2. The van der Waals surface area contributed by atoms with Gasteiger partial charge in [0.05, 0.1) is 47.0 Å². The van der Waals surface area contributed by atoms with Gasteiger partial charge >= 0.3 is 6.01 Å². The second kappa shape index (κ2) is 12.2. The van der Waals surface area contributed by atoms with E-state index in [0.717, 1.165) is 36.6 Å². The predicted molar refractivity (Wildman–Crippen MR) is 168 cm³/mol. The van der Waals surface area contributed by atoms with Crippen molar-refractivity contribution in [2.45, 2.75) is 28.6 Å². The van der Waals surface area contributed by atoms with Gasteiger partial charge in [0.2, 0.25) is 15.9 Å². The van der Waals surface area contributed by atoms with E-state index in [4.69, 9.17) is 19.3 Å². The van der Waals surface area contributed by atoms with Gasteiger partial charge in [0.1, 0.15) is 33.8 Å². The van der Waals surface area contributed by atoms with Crippen molar-refractivity contribution in [3.8, 4) is 34.5 Å². The number of aromatic nitrogens is 3. The maximum atomic E-state index is 16.3. The zero-order valence-electron chi connectivity index (χ0n) is 25.4.